The summed E-state index contributed by atoms with van der Waals surface area (Å²) in [5.41, 5.74) is 6.51. The maximum atomic E-state index is 10.8. The van der Waals surface area contributed by atoms with Crippen molar-refractivity contribution < 1.29 is 9.21 Å². The molecule has 15 heavy (non-hydrogen) atoms. The lowest BCUT2D eigenvalue weighted by molar-refractivity contribution is 0.0999. The van der Waals surface area contributed by atoms with Crippen LogP contribution >= 0.6 is 0 Å². The first-order valence-corrected chi connectivity index (χ1v) is 4.54. The van der Waals surface area contributed by atoms with Gasteiger partial charge in [-0.15, -0.1) is 0 Å². The molecule has 2 N–H and O–H groups in total. The fourth-order valence-electron chi connectivity index (χ4n) is 1.27. The van der Waals surface area contributed by atoms with Gasteiger partial charge in [0.1, 0.15) is 12.0 Å². The van der Waals surface area contributed by atoms with Gasteiger partial charge in [-0.2, -0.15) is 0 Å². The quantitative estimate of drug-likeness (QED) is 0.823. The Hall–Kier alpha value is -2.03. The molecule has 2 aromatic rings. The Balaban J connectivity index is 2.15. The zero-order chi connectivity index (χ0) is 10.7. The molecule has 0 spiro atoms. The summed E-state index contributed by atoms with van der Waals surface area (Å²) in [4.78, 5) is 10.8. The van der Waals surface area contributed by atoms with Crippen LogP contribution in [0.5, 0.6) is 0 Å². The first kappa shape index (κ1) is 9.52. The molecule has 75 valence electrons. The third-order valence-corrected chi connectivity index (χ3v) is 2.01. The predicted octanol–water partition coefficient (Wildman–Crippen LogP) is 1.98. The van der Waals surface area contributed by atoms with Crippen molar-refractivity contribution in [3.63, 3.8) is 0 Å². The number of benzene rings is 1. The summed E-state index contributed by atoms with van der Waals surface area (Å²) in [5, 5.41) is 0. The van der Waals surface area contributed by atoms with Crippen LogP contribution in [-0.4, -0.2) is 5.91 Å². The maximum Gasteiger partial charge on any atom is 0.251 e. The molecule has 3 heteroatoms. The molecule has 0 aliphatic heterocycles. The first-order chi connectivity index (χ1) is 7.25. The van der Waals surface area contributed by atoms with E-state index in [4.69, 9.17) is 10.2 Å². The van der Waals surface area contributed by atoms with Crippen molar-refractivity contribution in [2.45, 2.75) is 0 Å². The number of hydrogen-bond donors (Lipinski definition) is 1. The molecule has 1 aromatic carbocycles. The van der Waals surface area contributed by atoms with Crippen molar-refractivity contribution >= 4 is 5.91 Å². The minimum absolute atomic E-state index is 0.386. The summed E-state index contributed by atoms with van der Waals surface area (Å²) in [6.07, 6.45) is 3.20. The number of rotatable bonds is 3. The Morgan fingerprint density at radius 3 is 2.60 bits per heavy atom. The molecule has 1 radical (unpaired) electrons. The molecule has 0 bridgehead atoms. The number of hydrogen-bond acceptors (Lipinski definition) is 2. The van der Waals surface area contributed by atoms with E-state index in [2.05, 4.69) is 0 Å². The van der Waals surface area contributed by atoms with Gasteiger partial charge in [0.25, 0.3) is 5.91 Å². The highest BCUT2D eigenvalue weighted by Crippen LogP contribution is 2.14. The third kappa shape index (κ3) is 2.26. The zero-order valence-electron chi connectivity index (χ0n) is 8.01. The number of carbonyl (C=O) groups is 1. The van der Waals surface area contributed by atoms with E-state index in [0.717, 1.165) is 5.56 Å². The summed E-state index contributed by atoms with van der Waals surface area (Å²) in [7, 11) is 0. The van der Waals surface area contributed by atoms with Crippen LogP contribution in [-0.2, 0) is 0 Å². The number of carbonyl (C=O) groups excluding carboxylic acids is 1. The van der Waals surface area contributed by atoms with Crippen LogP contribution in [0.15, 0.2) is 47.1 Å². The number of furan rings is 1. The molecular formula is C12H10NO2. The molecule has 1 aromatic heterocycles. The molecule has 0 aliphatic carbocycles. The van der Waals surface area contributed by atoms with Gasteiger partial charge in [-0.25, -0.2) is 0 Å². The van der Waals surface area contributed by atoms with Gasteiger partial charge in [0.05, 0.1) is 12.0 Å². The first-order valence-electron chi connectivity index (χ1n) is 4.54. The summed E-state index contributed by atoms with van der Waals surface area (Å²) in [5.74, 6) is 0.140. The van der Waals surface area contributed by atoms with E-state index in [1.807, 2.05) is 36.8 Å². The second-order valence-electron chi connectivity index (χ2n) is 3.16. The van der Waals surface area contributed by atoms with Crippen LogP contribution in [0.1, 0.15) is 21.7 Å². The Kier molecular flexibility index (Phi) is 2.54. The van der Waals surface area contributed by atoms with E-state index in [1.165, 1.54) is 6.26 Å². The predicted molar refractivity (Wildman–Crippen MR) is 56.2 cm³/mol. The van der Waals surface area contributed by atoms with Gasteiger partial charge in [0.2, 0.25) is 0 Å². The monoisotopic (exact) mass is 200 g/mol. The number of amides is 1. The molecule has 0 saturated heterocycles. The molecular weight excluding hydrogens is 190 g/mol. The average Bonchev–Trinajstić information content (AvgIpc) is 2.68. The fourth-order valence-corrected chi connectivity index (χ4v) is 1.27. The van der Waals surface area contributed by atoms with E-state index < -0.39 is 5.91 Å². The van der Waals surface area contributed by atoms with Gasteiger partial charge in [-0.1, -0.05) is 30.3 Å². The molecule has 0 fully saturated rings. The topological polar surface area (TPSA) is 56.2 Å². The normalized spacial score (nSPS) is 10.1. The van der Waals surface area contributed by atoms with Crippen molar-refractivity contribution in [2.24, 2.45) is 5.73 Å². The maximum absolute atomic E-state index is 10.8. The SMILES string of the molecule is NC(=O)c1coc([CH]c2ccccc2)c1. The lowest BCUT2D eigenvalue weighted by Gasteiger charge is -1.95. The number of primary amides is 1. The fraction of sp³-hybridized carbons (Fsp3) is 0. The summed E-state index contributed by atoms with van der Waals surface area (Å²) >= 11 is 0. The van der Waals surface area contributed by atoms with Crippen LogP contribution in [0.3, 0.4) is 0 Å². The van der Waals surface area contributed by atoms with Crippen LogP contribution in [0.2, 0.25) is 0 Å². The van der Waals surface area contributed by atoms with E-state index in [9.17, 15) is 4.79 Å². The third-order valence-electron chi connectivity index (χ3n) is 2.01. The smallest absolute Gasteiger partial charge is 0.251 e. The van der Waals surface area contributed by atoms with Crippen molar-refractivity contribution in [1.29, 1.82) is 0 Å². The minimum atomic E-state index is -0.480. The van der Waals surface area contributed by atoms with Gasteiger partial charge >= 0.3 is 0 Å². The highest BCUT2D eigenvalue weighted by Gasteiger charge is 2.06. The van der Waals surface area contributed by atoms with Gasteiger partial charge < -0.3 is 10.2 Å². The standard InChI is InChI=1S/C12H10NO2/c13-12(14)10-7-11(15-8-10)6-9-4-2-1-3-5-9/h1-8H,(H2,13,14). The van der Waals surface area contributed by atoms with Crippen molar-refractivity contribution in [2.75, 3.05) is 0 Å². The second-order valence-corrected chi connectivity index (χ2v) is 3.16. The Morgan fingerprint density at radius 2 is 2.00 bits per heavy atom. The minimum Gasteiger partial charge on any atom is -0.468 e. The lowest BCUT2D eigenvalue weighted by atomic mass is 10.1. The van der Waals surface area contributed by atoms with E-state index >= 15 is 0 Å². The zero-order valence-corrected chi connectivity index (χ0v) is 8.01. The molecule has 0 aliphatic rings. The van der Waals surface area contributed by atoms with Crippen LogP contribution in [0.4, 0.5) is 0 Å². The number of nitrogens with two attached hydrogens (primary N) is 1. The van der Waals surface area contributed by atoms with E-state index in [-0.39, 0.29) is 0 Å². The highest BCUT2D eigenvalue weighted by atomic mass is 16.3. The van der Waals surface area contributed by atoms with Gasteiger partial charge in [-0.05, 0) is 11.6 Å². The van der Waals surface area contributed by atoms with Gasteiger partial charge in [0.15, 0.2) is 0 Å². The Labute approximate surface area is 87.5 Å². The van der Waals surface area contributed by atoms with Crippen LogP contribution in [0.25, 0.3) is 0 Å². The lowest BCUT2D eigenvalue weighted by Crippen LogP contribution is -2.09. The summed E-state index contributed by atoms with van der Waals surface area (Å²) < 4.78 is 5.17. The van der Waals surface area contributed by atoms with E-state index in [1.54, 1.807) is 6.07 Å². The van der Waals surface area contributed by atoms with Crippen molar-refractivity contribution in [3.05, 3.63) is 66.0 Å². The molecule has 1 heterocycles. The van der Waals surface area contributed by atoms with Crippen LogP contribution in [0, 0.1) is 6.42 Å². The van der Waals surface area contributed by atoms with E-state index in [0.29, 0.717) is 11.3 Å². The van der Waals surface area contributed by atoms with Crippen molar-refractivity contribution in [1.82, 2.24) is 0 Å². The molecule has 2 rings (SSSR count). The van der Waals surface area contributed by atoms with Crippen molar-refractivity contribution in [3.8, 4) is 0 Å². The molecule has 3 nitrogen and oxygen atoms in total. The summed E-state index contributed by atoms with van der Waals surface area (Å²) in [6, 6.07) is 11.3. The molecule has 0 atom stereocenters. The Morgan fingerprint density at radius 1 is 1.27 bits per heavy atom. The van der Waals surface area contributed by atoms with Gasteiger partial charge in [-0.3, -0.25) is 4.79 Å². The Bertz CT molecular complexity index is 459. The van der Waals surface area contributed by atoms with Crippen LogP contribution < -0.4 is 5.73 Å². The molecule has 1 amide bonds. The largest absolute Gasteiger partial charge is 0.468 e. The van der Waals surface area contributed by atoms with Gasteiger partial charge in [0, 0.05) is 0 Å². The molecule has 0 unspecified atom stereocenters. The molecule has 0 saturated carbocycles. The average molecular weight is 200 g/mol. The second kappa shape index (κ2) is 4.00. The summed E-state index contributed by atoms with van der Waals surface area (Å²) in [6.45, 7) is 0. The highest BCUT2D eigenvalue weighted by molar-refractivity contribution is 5.92.